The van der Waals surface area contributed by atoms with Gasteiger partial charge in [-0.2, -0.15) is 0 Å². The molecule has 1 aliphatic heterocycles. The predicted molar refractivity (Wildman–Crippen MR) is 127 cm³/mol. The van der Waals surface area contributed by atoms with Crippen LogP contribution in [0.3, 0.4) is 0 Å². The lowest BCUT2D eigenvalue weighted by Crippen LogP contribution is -2.51. The van der Waals surface area contributed by atoms with E-state index in [4.69, 9.17) is 0 Å². The summed E-state index contributed by atoms with van der Waals surface area (Å²) >= 11 is 0. The predicted octanol–water partition coefficient (Wildman–Crippen LogP) is 4.94. The van der Waals surface area contributed by atoms with Crippen LogP contribution < -0.4 is 10.2 Å². The molecule has 5 nitrogen and oxygen atoms in total. The van der Waals surface area contributed by atoms with E-state index in [1.165, 1.54) is 32.1 Å². The molecule has 1 heterocycles. The molecule has 1 saturated carbocycles. The van der Waals surface area contributed by atoms with Gasteiger partial charge in [0.2, 0.25) is 5.91 Å². The minimum Gasteiger partial charge on any atom is -0.480 e. The molecule has 1 amide bonds. The second-order valence-corrected chi connectivity index (χ2v) is 9.27. The van der Waals surface area contributed by atoms with Crippen molar-refractivity contribution in [3.63, 3.8) is 0 Å². The lowest BCUT2D eigenvalue weighted by Gasteiger charge is -2.29. The van der Waals surface area contributed by atoms with Crippen molar-refractivity contribution in [3.8, 4) is 0 Å². The highest BCUT2D eigenvalue weighted by Gasteiger charge is 2.33. The summed E-state index contributed by atoms with van der Waals surface area (Å²) < 4.78 is 0. The summed E-state index contributed by atoms with van der Waals surface area (Å²) in [5.74, 6) is -0.274. The highest BCUT2D eigenvalue weighted by molar-refractivity contribution is 5.98. The van der Waals surface area contributed by atoms with Gasteiger partial charge in [-0.15, -0.1) is 0 Å². The van der Waals surface area contributed by atoms with Crippen LogP contribution in [0.1, 0.15) is 62.5 Å². The average molecular weight is 435 g/mol. The molecule has 2 aliphatic rings. The maximum atomic E-state index is 13.6. The Balaban J connectivity index is 1.50. The molecule has 1 fully saturated rings. The number of amides is 1. The first kappa shape index (κ1) is 22.5. The van der Waals surface area contributed by atoms with Gasteiger partial charge in [0.25, 0.3) is 0 Å². The van der Waals surface area contributed by atoms with Gasteiger partial charge in [-0.05, 0) is 48.8 Å². The molecular formula is C27H34N2O3. The minimum absolute atomic E-state index is 0.0391. The van der Waals surface area contributed by atoms with Crippen molar-refractivity contribution < 1.29 is 14.7 Å². The van der Waals surface area contributed by atoms with Crippen molar-refractivity contribution >= 4 is 17.6 Å². The summed E-state index contributed by atoms with van der Waals surface area (Å²) in [6, 6.07) is 16.8. The number of hydrogen-bond donors (Lipinski definition) is 2. The van der Waals surface area contributed by atoms with Crippen molar-refractivity contribution in [3.05, 3.63) is 65.7 Å². The minimum atomic E-state index is -0.857. The number of carboxylic acids is 1. The fraction of sp³-hybridized carbons (Fsp3) is 0.481. The van der Waals surface area contributed by atoms with Crippen LogP contribution in [0.5, 0.6) is 0 Å². The molecule has 0 bridgehead atoms. The number of rotatable bonds is 8. The normalized spacial score (nSPS) is 20.4. The Bertz CT molecular complexity index is 908. The Labute approximate surface area is 190 Å². The van der Waals surface area contributed by atoms with Crippen molar-refractivity contribution in [2.75, 3.05) is 4.90 Å². The number of carbonyl (C=O) groups excluding carboxylic acids is 1. The molecular weight excluding hydrogens is 400 g/mol. The first-order valence-electron chi connectivity index (χ1n) is 12.0. The van der Waals surface area contributed by atoms with Gasteiger partial charge < -0.3 is 10.0 Å². The number of carboxylic acid groups (broad SMARTS) is 1. The maximum absolute atomic E-state index is 13.6. The number of nitrogens with zero attached hydrogens (tertiary/aromatic N) is 1. The Morgan fingerprint density at radius 1 is 1.00 bits per heavy atom. The van der Waals surface area contributed by atoms with Crippen molar-refractivity contribution in [1.82, 2.24) is 5.32 Å². The van der Waals surface area contributed by atoms with Crippen LogP contribution in [0.25, 0.3) is 0 Å². The van der Waals surface area contributed by atoms with E-state index in [1.54, 1.807) is 0 Å². The molecule has 170 valence electrons. The Hall–Kier alpha value is -2.66. The highest BCUT2D eigenvalue weighted by Crippen LogP contribution is 2.30. The number of carbonyl (C=O) groups is 2. The molecule has 1 aliphatic carbocycles. The van der Waals surface area contributed by atoms with Gasteiger partial charge in [-0.1, -0.05) is 80.6 Å². The molecule has 2 atom stereocenters. The van der Waals surface area contributed by atoms with E-state index in [0.29, 0.717) is 25.3 Å². The lowest BCUT2D eigenvalue weighted by molar-refractivity contribution is -0.140. The van der Waals surface area contributed by atoms with Crippen LogP contribution in [0.4, 0.5) is 5.69 Å². The lowest BCUT2D eigenvalue weighted by atomic mass is 9.85. The summed E-state index contributed by atoms with van der Waals surface area (Å²) in [5, 5.41) is 13.1. The number of hydrogen-bond acceptors (Lipinski definition) is 3. The van der Waals surface area contributed by atoms with E-state index < -0.39 is 18.1 Å². The van der Waals surface area contributed by atoms with Gasteiger partial charge in [-0.3, -0.25) is 14.9 Å². The van der Waals surface area contributed by atoms with Crippen molar-refractivity contribution in [1.29, 1.82) is 0 Å². The van der Waals surface area contributed by atoms with Crippen LogP contribution in [-0.4, -0.2) is 29.1 Å². The second kappa shape index (κ2) is 10.8. The van der Waals surface area contributed by atoms with Gasteiger partial charge in [0, 0.05) is 5.69 Å². The molecule has 0 aromatic heterocycles. The molecule has 2 N–H and O–H groups in total. The quantitative estimate of drug-likeness (QED) is 0.618. The standard InChI is InChI=1S/C27H34N2O3/c30-26-23(28-24(27(31)32)17-15-20-9-3-1-4-10-20)18-16-22-13-7-8-14-25(22)29(26)19-21-11-5-2-6-12-21/h2,5-8,11-14,20,23-24,28H,1,3-4,9-10,15-19H2,(H,31,32)/t23-,24+/m1/s1. The largest absolute Gasteiger partial charge is 0.480 e. The van der Waals surface area contributed by atoms with Crippen LogP contribution in [0.2, 0.25) is 0 Å². The third kappa shape index (κ3) is 5.57. The molecule has 0 saturated heterocycles. The Morgan fingerprint density at radius 3 is 2.47 bits per heavy atom. The van der Waals surface area contributed by atoms with Crippen LogP contribution >= 0.6 is 0 Å². The third-order valence-corrected chi connectivity index (χ3v) is 7.02. The summed E-state index contributed by atoms with van der Waals surface area (Å²) in [6.07, 6.45) is 9.06. The fourth-order valence-electron chi connectivity index (χ4n) is 5.20. The van der Waals surface area contributed by atoms with Gasteiger partial charge in [0.15, 0.2) is 0 Å². The second-order valence-electron chi connectivity index (χ2n) is 9.27. The Morgan fingerprint density at radius 2 is 1.72 bits per heavy atom. The Kier molecular flexibility index (Phi) is 7.59. The van der Waals surface area contributed by atoms with Crippen LogP contribution in [0.15, 0.2) is 54.6 Å². The number of nitrogens with one attached hydrogen (secondary N) is 1. The van der Waals surface area contributed by atoms with E-state index in [0.717, 1.165) is 29.7 Å². The summed E-state index contributed by atoms with van der Waals surface area (Å²) in [5.41, 5.74) is 3.12. The fourth-order valence-corrected chi connectivity index (χ4v) is 5.20. The zero-order chi connectivity index (χ0) is 22.3. The zero-order valence-electron chi connectivity index (χ0n) is 18.7. The first-order chi connectivity index (χ1) is 15.6. The number of aryl methyl sites for hydroxylation is 1. The van der Waals surface area contributed by atoms with Gasteiger partial charge >= 0.3 is 5.97 Å². The van der Waals surface area contributed by atoms with E-state index in [9.17, 15) is 14.7 Å². The van der Waals surface area contributed by atoms with Gasteiger partial charge in [0.05, 0.1) is 12.6 Å². The topological polar surface area (TPSA) is 69.6 Å². The smallest absolute Gasteiger partial charge is 0.320 e. The monoisotopic (exact) mass is 434 g/mol. The number of fused-ring (bicyclic) bond motifs is 1. The summed E-state index contributed by atoms with van der Waals surface area (Å²) in [4.78, 5) is 27.5. The average Bonchev–Trinajstić information content (AvgIpc) is 2.95. The number of para-hydroxylation sites is 1. The molecule has 32 heavy (non-hydrogen) atoms. The number of anilines is 1. The molecule has 2 aromatic rings. The molecule has 0 unspecified atom stereocenters. The molecule has 0 radical (unpaired) electrons. The highest BCUT2D eigenvalue weighted by atomic mass is 16.4. The van der Waals surface area contributed by atoms with E-state index in [2.05, 4.69) is 11.4 Å². The number of aliphatic carboxylic acids is 1. The van der Waals surface area contributed by atoms with Gasteiger partial charge in [0.1, 0.15) is 6.04 Å². The summed E-state index contributed by atoms with van der Waals surface area (Å²) in [6.45, 7) is 0.481. The van der Waals surface area contributed by atoms with E-state index >= 15 is 0 Å². The van der Waals surface area contributed by atoms with E-state index in [1.807, 2.05) is 53.4 Å². The van der Waals surface area contributed by atoms with Crippen LogP contribution in [-0.2, 0) is 22.6 Å². The molecule has 4 rings (SSSR count). The molecule has 2 aromatic carbocycles. The number of benzene rings is 2. The maximum Gasteiger partial charge on any atom is 0.320 e. The van der Waals surface area contributed by atoms with Gasteiger partial charge in [-0.25, -0.2) is 0 Å². The van der Waals surface area contributed by atoms with E-state index in [-0.39, 0.29) is 5.91 Å². The zero-order valence-corrected chi connectivity index (χ0v) is 18.7. The molecule has 0 spiro atoms. The van der Waals surface area contributed by atoms with Crippen molar-refractivity contribution in [2.24, 2.45) is 5.92 Å². The van der Waals surface area contributed by atoms with Crippen LogP contribution in [0, 0.1) is 5.92 Å². The van der Waals surface area contributed by atoms with Crippen molar-refractivity contribution in [2.45, 2.75) is 76.4 Å². The molecule has 5 heteroatoms. The SMILES string of the molecule is O=C(O)[C@H](CCC1CCCCC1)N[C@@H]1CCc2ccccc2N(Cc2ccccc2)C1=O. The first-order valence-corrected chi connectivity index (χ1v) is 12.0. The summed E-state index contributed by atoms with van der Waals surface area (Å²) in [7, 11) is 0. The third-order valence-electron chi connectivity index (χ3n) is 7.02.